The molecule has 0 radical (unpaired) electrons. The molecule has 18 heavy (non-hydrogen) atoms. The third-order valence-corrected chi connectivity index (χ3v) is 4.66. The van der Waals surface area contributed by atoms with Gasteiger partial charge in [0.05, 0.1) is 5.52 Å². The first kappa shape index (κ1) is 13.3. The van der Waals surface area contributed by atoms with Crippen LogP contribution < -0.4 is 0 Å². The summed E-state index contributed by atoms with van der Waals surface area (Å²) in [7, 11) is -1.02. The second kappa shape index (κ2) is 5.24. The maximum absolute atomic E-state index is 13.0. The Bertz CT molecular complexity index is 530. The number of ether oxygens (including phenoxy) is 1. The molecule has 0 aliphatic carbocycles. The largest absolute Gasteiger partial charge is 0.361 e. The molecule has 1 heterocycles. The molecule has 0 saturated heterocycles. The first-order valence-corrected chi connectivity index (χ1v) is 9.99. The molecule has 1 aromatic carbocycles. The zero-order valence-electron chi connectivity index (χ0n) is 11.2. The minimum Gasteiger partial charge on any atom is -0.361 e. The highest BCUT2D eigenvalue weighted by Gasteiger charge is 2.12. The Morgan fingerprint density at radius 2 is 2.00 bits per heavy atom. The fourth-order valence-corrected chi connectivity index (χ4v) is 2.58. The normalized spacial score (nSPS) is 12.2. The first-order chi connectivity index (χ1) is 8.46. The van der Waals surface area contributed by atoms with E-state index in [2.05, 4.69) is 19.6 Å². The monoisotopic (exact) mass is 265 g/mol. The zero-order chi connectivity index (χ0) is 13.2. The highest BCUT2D eigenvalue weighted by atomic mass is 28.3. The van der Waals surface area contributed by atoms with Gasteiger partial charge >= 0.3 is 0 Å². The molecule has 0 bridgehead atoms. The van der Waals surface area contributed by atoms with Gasteiger partial charge in [0.1, 0.15) is 12.5 Å². The first-order valence-electron chi connectivity index (χ1n) is 6.28. The lowest BCUT2D eigenvalue weighted by atomic mass is 10.2. The highest BCUT2D eigenvalue weighted by Crippen LogP contribution is 2.17. The molecular weight excluding hydrogens is 245 g/mol. The van der Waals surface area contributed by atoms with Crippen molar-refractivity contribution >= 4 is 19.0 Å². The van der Waals surface area contributed by atoms with Gasteiger partial charge in [0.2, 0.25) is 0 Å². The van der Waals surface area contributed by atoms with E-state index in [1.54, 1.807) is 12.1 Å². The third-order valence-electron chi connectivity index (χ3n) is 2.96. The van der Waals surface area contributed by atoms with Crippen LogP contribution in [0.15, 0.2) is 30.5 Å². The van der Waals surface area contributed by atoms with Gasteiger partial charge in [-0.25, -0.2) is 4.39 Å². The topological polar surface area (TPSA) is 14.2 Å². The number of nitrogens with zero attached hydrogens (tertiary/aromatic N) is 1. The fraction of sp³-hybridized carbons (Fsp3) is 0.429. The van der Waals surface area contributed by atoms with E-state index in [0.717, 1.165) is 17.5 Å². The Balaban J connectivity index is 1.96. The number of fused-ring (bicyclic) bond motifs is 1. The highest BCUT2D eigenvalue weighted by molar-refractivity contribution is 6.76. The molecule has 0 aliphatic heterocycles. The predicted octanol–water partition coefficient (Wildman–Crippen LogP) is 4.09. The quantitative estimate of drug-likeness (QED) is 0.586. The van der Waals surface area contributed by atoms with E-state index in [4.69, 9.17) is 4.74 Å². The molecule has 4 heteroatoms. The van der Waals surface area contributed by atoms with E-state index in [1.165, 1.54) is 12.1 Å². The van der Waals surface area contributed by atoms with Gasteiger partial charge in [0, 0.05) is 26.3 Å². The van der Waals surface area contributed by atoms with Gasteiger partial charge in [-0.1, -0.05) is 19.6 Å². The summed E-state index contributed by atoms with van der Waals surface area (Å²) in [6.07, 6.45) is 1.94. The van der Waals surface area contributed by atoms with Crippen molar-refractivity contribution in [1.29, 1.82) is 0 Å². The van der Waals surface area contributed by atoms with Crippen molar-refractivity contribution in [3.63, 3.8) is 0 Å². The average Bonchev–Trinajstić information content (AvgIpc) is 2.65. The molecule has 0 amide bonds. The Kier molecular flexibility index (Phi) is 3.87. The SMILES string of the molecule is C[Si](C)(C)CCOCn1ccc2cc(F)ccc21. The molecule has 0 unspecified atom stereocenters. The van der Waals surface area contributed by atoms with Crippen LogP contribution in [-0.2, 0) is 11.5 Å². The molecule has 0 atom stereocenters. The van der Waals surface area contributed by atoms with Crippen molar-refractivity contribution in [3.05, 3.63) is 36.3 Å². The molecule has 0 saturated carbocycles. The average molecular weight is 265 g/mol. The van der Waals surface area contributed by atoms with Crippen LogP contribution in [0.2, 0.25) is 25.7 Å². The van der Waals surface area contributed by atoms with Crippen molar-refractivity contribution < 1.29 is 9.13 Å². The third kappa shape index (κ3) is 3.43. The molecule has 98 valence electrons. The van der Waals surface area contributed by atoms with E-state index in [0.29, 0.717) is 6.73 Å². The number of halogens is 1. The molecule has 2 nitrogen and oxygen atoms in total. The van der Waals surface area contributed by atoms with E-state index in [9.17, 15) is 4.39 Å². The summed E-state index contributed by atoms with van der Waals surface area (Å²) in [4.78, 5) is 0. The summed E-state index contributed by atoms with van der Waals surface area (Å²) in [5.41, 5.74) is 1.02. The van der Waals surface area contributed by atoms with Crippen molar-refractivity contribution in [2.45, 2.75) is 32.4 Å². The summed E-state index contributed by atoms with van der Waals surface area (Å²) < 4.78 is 20.8. The second-order valence-electron chi connectivity index (χ2n) is 5.84. The molecule has 0 fully saturated rings. The smallest absolute Gasteiger partial charge is 0.123 e. The second-order valence-corrected chi connectivity index (χ2v) is 11.5. The van der Waals surface area contributed by atoms with Crippen LogP contribution in [0.5, 0.6) is 0 Å². The van der Waals surface area contributed by atoms with E-state index < -0.39 is 8.07 Å². The Morgan fingerprint density at radius 3 is 2.72 bits per heavy atom. The van der Waals surface area contributed by atoms with Crippen molar-refractivity contribution in [2.75, 3.05) is 6.61 Å². The van der Waals surface area contributed by atoms with Crippen molar-refractivity contribution in [3.8, 4) is 0 Å². The Labute approximate surface area is 108 Å². The molecule has 2 aromatic rings. The fourth-order valence-electron chi connectivity index (χ4n) is 1.82. The molecule has 0 spiro atoms. The van der Waals surface area contributed by atoms with Gasteiger partial charge in [0.25, 0.3) is 0 Å². The Morgan fingerprint density at radius 1 is 1.22 bits per heavy atom. The van der Waals surface area contributed by atoms with Crippen LogP contribution in [0.3, 0.4) is 0 Å². The Hall–Kier alpha value is -1.13. The maximum Gasteiger partial charge on any atom is 0.123 e. The molecule has 0 aliphatic rings. The standard InChI is InChI=1S/C14H20FNOSi/c1-18(2,3)9-8-17-11-16-7-6-12-10-13(15)4-5-14(12)16/h4-7,10H,8-9,11H2,1-3H3. The van der Waals surface area contributed by atoms with Crippen LogP contribution >= 0.6 is 0 Å². The summed E-state index contributed by atoms with van der Waals surface area (Å²) in [5, 5.41) is 0.920. The van der Waals surface area contributed by atoms with Gasteiger partial charge in [-0.3, -0.25) is 0 Å². The molecule has 1 aromatic heterocycles. The number of aromatic nitrogens is 1. The zero-order valence-corrected chi connectivity index (χ0v) is 12.2. The lowest BCUT2D eigenvalue weighted by Gasteiger charge is -2.15. The van der Waals surface area contributed by atoms with Gasteiger partial charge in [0.15, 0.2) is 0 Å². The summed E-state index contributed by atoms with van der Waals surface area (Å²) in [5.74, 6) is -0.195. The molecule has 0 N–H and O–H groups in total. The maximum atomic E-state index is 13.0. The van der Waals surface area contributed by atoms with Gasteiger partial charge < -0.3 is 9.30 Å². The van der Waals surface area contributed by atoms with Crippen molar-refractivity contribution in [1.82, 2.24) is 4.57 Å². The molecular formula is C14H20FNOSi. The summed E-state index contributed by atoms with van der Waals surface area (Å²) in [6, 6.07) is 7.92. The van der Waals surface area contributed by atoms with Crippen LogP contribution in [0.4, 0.5) is 4.39 Å². The number of hydrogen-bond acceptors (Lipinski definition) is 1. The number of rotatable bonds is 5. The van der Waals surface area contributed by atoms with E-state index in [-0.39, 0.29) is 5.82 Å². The van der Waals surface area contributed by atoms with E-state index >= 15 is 0 Å². The molecule has 2 rings (SSSR count). The number of hydrogen-bond donors (Lipinski definition) is 0. The van der Waals surface area contributed by atoms with Crippen LogP contribution in [-0.4, -0.2) is 19.2 Å². The summed E-state index contributed by atoms with van der Waals surface area (Å²) in [6.45, 7) is 8.36. The van der Waals surface area contributed by atoms with Crippen LogP contribution in [0.1, 0.15) is 0 Å². The van der Waals surface area contributed by atoms with Crippen LogP contribution in [0.25, 0.3) is 10.9 Å². The summed E-state index contributed by atoms with van der Waals surface area (Å²) >= 11 is 0. The van der Waals surface area contributed by atoms with Crippen molar-refractivity contribution in [2.24, 2.45) is 0 Å². The minimum absolute atomic E-state index is 0.195. The van der Waals surface area contributed by atoms with E-state index in [1.807, 2.05) is 16.8 Å². The van der Waals surface area contributed by atoms with Crippen LogP contribution in [0, 0.1) is 5.82 Å². The van der Waals surface area contributed by atoms with Gasteiger partial charge in [-0.2, -0.15) is 0 Å². The predicted molar refractivity (Wildman–Crippen MR) is 76.0 cm³/mol. The number of benzene rings is 1. The minimum atomic E-state index is -1.02. The lowest BCUT2D eigenvalue weighted by Crippen LogP contribution is -2.21. The van der Waals surface area contributed by atoms with Gasteiger partial charge in [-0.15, -0.1) is 0 Å². The van der Waals surface area contributed by atoms with Gasteiger partial charge in [-0.05, 0) is 30.3 Å². The lowest BCUT2D eigenvalue weighted by molar-refractivity contribution is 0.0902.